The van der Waals surface area contributed by atoms with Gasteiger partial charge in [-0.25, -0.2) is 9.78 Å². The first kappa shape index (κ1) is 22.0. The lowest BCUT2D eigenvalue weighted by molar-refractivity contribution is 0.0955. The molecule has 176 valence electrons. The Kier molecular flexibility index (Phi) is 5.75. The second-order valence-corrected chi connectivity index (χ2v) is 9.49. The van der Waals surface area contributed by atoms with Gasteiger partial charge in [0.2, 0.25) is 5.88 Å². The number of hydrogen-bond acceptors (Lipinski definition) is 8. The van der Waals surface area contributed by atoms with Crippen LogP contribution in [0, 0.1) is 0 Å². The molecule has 1 saturated carbocycles. The van der Waals surface area contributed by atoms with Crippen LogP contribution in [0.5, 0.6) is 5.88 Å². The van der Waals surface area contributed by atoms with Gasteiger partial charge >= 0.3 is 5.69 Å². The number of nitrogens with zero attached hydrogens (tertiary/aromatic N) is 5. The van der Waals surface area contributed by atoms with Gasteiger partial charge in [0.1, 0.15) is 5.69 Å². The molecule has 0 saturated heterocycles. The highest BCUT2D eigenvalue weighted by Crippen LogP contribution is 2.27. The first-order valence-corrected chi connectivity index (χ1v) is 11.7. The number of rotatable bonds is 7. The Morgan fingerprint density at radius 3 is 2.91 bits per heavy atom. The monoisotopic (exact) mass is 480 g/mol. The molecule has 34 heavy (non-hydrogen) atoms. The molecule has 1 aliphatic rings. The summed E-state index contributed by atoms with van der Waals surface area (Å²) in [6.45, 7) is 1.33. The fourth-order valence-electron chi connectivity index (χ4n) is 3.40. The molecule has 0 bridgehead atoms. The number of likely N-dealkylation sites (N-methyl/N-ethyl adjacent to an activating group) is 1. The number of carbonyl (C=O) groups is 1. The summed E-state index contributed by atoms with van der Waals surface area (Å²) in [6, 6.07) is 5.81. The molecule has 5 rings (SSSR count). The molecule has 0 aliphatic heterocycles. The maximum absolute atomic E-state index is 12.5. The van der Waals surface area contributed by atoms with Gasteiger partial charge in [0.25, 0.3) is 5.91 Å². The van der Waals surface area contributed by atoms with Crippen LogP contribution in [0.4, 0.5) is 0 Å². The lowest BCUT2D eigenvalue weighted by Crippen LogP contribution is -2.30. The molecule has 0 atom stereocenters. The molecule has 11 nitrogen and oxygen atoms in total. The van der Waals surface area contributed by atoms with Crippen molar-refractivity contribution < 1.29 is 9.90 Å². The largest absolute Gasteiger partial charge is 0.493 e. The van der Waals surface area contributed by atoms with Crippen LogP contribution in [0.2, 0.25) is 0 Å². The second kappa shape index (κ2) is 8.88. The van der Waals surface area contributed by atoms with E-state index >= 15 is 0 Å². The summed E-state index contributed by atoms with van der Waals surface area (Å²) in [5, 5.41) is 17.9. The zero-order chi connectivity index (χ0) is 23.8. The van der Waals surface area contributed by atoms with Crippen LogP contribution in [0.15, 0.2) is 34.2 Å². The highest BCUT2D eigenvalue weighted by atomic mass is 32.1. The molecule has 0 unspecified atom stereocenters. The first-order chi connectivity index (χ1) is 16.4. The van der Waals surface area contributed by atoms with E-state index in [0.717, 1.165) is 24.3 Å². The second-order valence-electron chi connectivity index (χ2n) is 8.40. The summed E-state index contributed by atoms with van der Waals surface area (Å²) in [6.07, 6.45) is 5.29. The number of carbonyl (C=O) groups excluding carboxylic acids is 1. The number of aromatic amines is 2. The van der Waals surface area contributed by atoms with Crippen molar-refractivity contribution in [3.63, 3.8) is 0 Å². The molecule has 0 spiro atoms. The molecular formula is C22H24N8O3S. The van der Waals surface area contributed by atoms with Crippen molar-refractivity contribution in [3.05, 3.63) is 56.2 Å². The van der Waals surface area contributed by atoms with E-state index in [1.807, 2.05) is 31.1 Å². The summed E-state index contributed by atoms with van der Waals surface area (Å²) >= 11 is 1.36. The van der Waals surface area contributed by atoms with Crippen LogP contribution < -0.4 is 21.7 Å². The van der Waals surface area contributed by atoms with E-state index in [9.17, 15) is 14.7 Å². The van der Waals surface area contributed by atoms with E-state index in [1.165, 1.54) is 11.3 Å². The average molecular weight is 481 g/mol. The van der Waals surface area contributed by atoms with Gasteiger partial charge in [-0.15, -0.1) is 11.3 Å². The third-order valence-corrected chi connectivity index (χ3v) is 6.41. The maximum Gasteiger partial charge on any atom is 0.326 e. The van der Waals surface area contributed by atoms with Gasteiger partial charge in [0.15, 0.2) is 11.1 Å². The summed E-state index contributed by atoms with van der Waals surface area (Å²) in [4.78, 5) is 41.9. The van der Waals surface area contributed by atoms with Gasteiger partial charge in [0, 0.05) is 24.4 Å². The SMILES string of the molecule is CN(C)CCNC(=O)c1ccc(-c2cc(=NC3CC3)n3ncc(=Cc4[nH]c(=O)[nH]c4O)c3n2)s1. The minimum absolute atomic E-state index is 0.118. The number of H-pyrrole nitrogens is 2. The van der Waals surface area contributed by atoms with E-state index in [-0.39, 0.29) is 23.5 Å². The van der Waals surface area contributed by atoms with Crippen LogP contribution in [-0.4, -0.2) is 73.7 Å². The maximum atomic E-state index is 12.5. The van der Waals surface area contributed by atoms with E-state index in [2.05, 4.69) is 20.4 Å². The summed E-state index contributed by atoms with van der Waals surface area (Å²) < 4.78 is 1.65. The molecule has 1 aliphatic carbocycles. The van der Waals surface area contributed by atoms with Gasteiger partial charge in [0.05, 0.1) is 27.7 Å². The topological polar surface area (TPSA) is 144 Å². The van der Waals surface area contributed by atoms with Crippen molar-refractivity contribution in [1.82, 2.24) is 34.8 Å². The van der Waals surface area contributed by atoms with Crippen LogP contribution in [0.25, 0.3) is 22.3 Å². The molecule has 1 amide bonds. The number of imidazole rings is 1. The van der Waals surface area contributed by atoms with Crippen molar-refractivity contribution in [3.8, 4) is 16.5 Å². The number of fused-ring (bicyclic) bond motifs is 1. The molecule has 4 aromatic rings. The van der Waals surface area contributed by atoms with Crippen LogP contribution in [0.1, 0.15) is 28.2 Å². The fraction of sp³-hybridized carbons (Fsp3) is 0.318. The van der Waals surface area contributed by atoms with Gasteiger partial charge < -0.3 is 20.3 Å². The van der Waals surface area contributed by atoms with Crippen molar-refractivity contribution >= 4 is 29.0 Å². The molecule has 4 aromatic heterocycles. The van der Waals surface area contributed by atoms with Crippen molar-refractivity contribution in [1.29, 1.82) is 0 Å². The molecular weight excluding hydrogens is 456 g/mol. The Morgan fingerprint density at radius 2 is 2.21 bits per heavy atom. The van der Waals surface area contributed by atoms with Gasteiger partial charge in [-0.1, -0.05) is 0 Å². The number of hydrogen-bond donors (Lipinski definition) is 4. The number of aromatic nitrogens is 5. The smallest absolute Gasteiger partial charge is 0.326 e. The van der Waals surface area contributed by atoms with Gasteiger partial charge in [-0.2, -0.15) is 9.61 Å². The summed E-state index contributed by atoms with van der Waals surface area (Å²) in [5.41, 5.74) is 1.60. The van der Waals surface area contributed by atoms with Crippen LogP contribution in [-0.2, 0) is 0 Å². The standard InChI is InChI=1S/C22H24N8O3S/c1-29(2)8-7-23-21(32)17-6-5-16(34-17)14-10-18(25-13-3-4-13)30-19(26-14)12(11-24-30)9-15-20(31)28-22(33)27-15/h5-6,9-11,13,31H,3-4,7-8H2,1-2H3,(H,23,32)(H2,27,28,33). The van der Waals surface area contributed by atoms with E-state index in [1.54, 1.807) is 22.9 Å². The Labute approximate surface area is 197 Å². The number of nitrogens with one attached hydrogen (secondary N) is 3. The fourth-order valence-corrected chi connectivity index (χ4v) is 4.28. The van der Waals surface area contributed by atoms with Crippen molar-refractivity contribution in [2.75, 3.05) is 27.2 Å². The first-order valence-electron chi connectivity index (χ1n) is 10.9. The highest BCUT2D eigenvalue weighted by molar-refractivity contribution is 7.17. The molecule has 4 heterocycles. The van der Waals surface area contributed by atoms with Crippen molar-refractivity contribution in [2.24, 2.45) is 4.99 Å². The van der Waals surface area contributed by atoms with Crippen LogP contribution in [0.3, 0.4) is 0 Å². The van der Waals surface area contributed by atoms with Gasteiger partial charge in [-0.05, 0) is 45.1 Å². The van der Waals surface area contributed by atoms with E-state index in [4.69, 9.17) is 9.98 Å². The Morgan fingerprint density at radius 1 is 1.38 bits per heavy atom. The van der Waals surface area contributed by atoms with Crippen LogP contribution >= 0.6 is 11.3 Å². The normalized spacial score (nSPS) is 15.0. The number of aromatic hydroxyl groups is 1. The number of amides is 1. The summed E-state index contributed by atoms with van der Waals surface area (Å²) in [5.74, 6) is -0.376. The predicted molar refractivity (Wildman–Crippen MR) is 128 cm³/mol. The molecule has 12 heteroatoms. The molecule has 4 N–H and O–H groups in total. The number of thiophene rings is 1. The van der Waals surface area contributed by atoms with E-state index < -0.39 is 5.69 Å². The lowest BCUT2D eigenvalue weighted by atomic mass is 10.3. The Bertz CT molecular complexity index is 1540. The average Bonchev–Trinajstić information content (AvgIpc) is 3.18. The molecule has 1 fully saturated rings. The highest BCUT2D eigenvalue weighted by Gasteiger charge is 2.21. The Hall–Kier alpha value is -3.77. The quantitative estimate of drug-likeness (QED) is 0.295. The third-order valence-electron chi connectivity index (χ3n) is 5.30. The zero-order valence-corrected chi connectivity index (χ0v) is 19.5. The minimum Gasteiger partial charge on any atom is -0.493 e. The van der Waals surface area contributed by atoms with E-state index in [0.29, 0.717) is 33.5 Å². The minimum atomic E-state index is -0.506. The predicted octanol–water partition coefficient (Wildman–Crippen LogP) is 0.0820. The van der Waals surface area contributed by atoms with Gasteiger partial charge in [-0.3, -0.25) is 14.8 Å². The molecule has 0 aromatic carbocycles. The summed E-state index contributed by atoms with van der Waals surface area (Å²) in [7, 11) is 3.91. The molecule has 0 radical (unpaired) electrons. The Balaban J connectivity index is 1.56. The zero-order valence-electron chi connectivity index (χ0n) is 18.7. The lowest BCUT2D eigenvalue weighted by Gasteiger charge is -2.09. The third kappa shape index (κ3) is 4.63. The van der Waals surface area contributed by atoms with Crippen molar-refractivity contribution in [2.45, 2.75) is 18.9 Å².